The Hall–Kier alpha value is -0.0400. The molecule has 0 spiro atoms. The van der Waals surface area contributed by atoms with Crippen molar-refractivity contribution < 1.29 is 4.74 Å². The molecule has 1 nitrogen and oxygen atoms in total. The van der Waals surface area contributed by atoms with E-state index in [-0.39, 0.29) is 0 Å². The standard InChI is InChI=1S/C7H14O/c1-2-7-5-3-4-6-8-7/h7H,2-6H2,1H3. The van der Waals surface area contributed by atoms with E-state index in [1.165, 1.54) is 25.7 Å². The highest BCUT2D eigenvalue weighted by Crippen LogP contribution is 2.14. The lowest BCUT2D eigenvalue weighted by molar-refractivity contribution is 0.0143. The van der Waals surface area contributed by atoms with Crippen molar-refractivity contribution in [3.63, 3.8) is 0 Å². The minimum absolute atomic E-state index is 0.587. The van der Waals surface area contributed by atoms with Crippen LogP contribution in [-0.2, 0) is 4.74 Å². The molecule has 1 unspecified atom stereocenters. The Morgan fingerprint density at radius 3 is 2.75 bits per heavy atom. The molecule has 1 atom stereocenters. The van der Waals surface area contributed by atoms with Crippen molar-refractivity contribution in [3.05, 3.63) is 0 Å². The van der Waals surface area contributed by atoms with Gasteiger partial charge in [0.1, 0.15) is 0 Å². The van der Waals surface area contributed by atoms with E-state index in [9.17, 15) is 0 Å². The van der Waals surface area contributed by atoms with Gasteiger partial charge in [-0.25, -0.2) is 0 Å². The van der Waals surface area contributed by atoms with E-state index in [2.05, 4.69) is 6.92 Å². The molecule has 1 rings (SSSR count). The fraction of sp³-hybridized carbons (Fsp3) is 1.00. The summed E-state index contributed by atoms with van der Waals surface area (Å²) in [4.78, 5) is 0. The summed E-state index contributed by atoms with van der Waals surface area (Å²) in [5.41, 5.74) is 0. The molecule has 1 fully saturated rings. The zero-order chi connectivity index (χ0) is 5.82. The van der Waals surface area contributed by atoms with Crippen molar-refractivity contribution in [3.8, 4) is 0 Å². The van der Waals surface area contributed by atoms with Crippen LogP contribution in [0.1, 0.15) is 32.6 Å². The molecule has 0 amide bonds. The number of ether oxygens (including phenoxy) is 1. The molecule has 48 valence electrons. The highest BCUT2D eigenvalue weighted by atomic mass is 16.5. The fourth-order valence-corrected chi connectivity index (χ4v) is 1.13. The highest BCUT2D eigenvalue weighted by molar-refractivity contribution is 4.60. The first-order chi connectivity index (χ1) is 3.93. The van der Waals surface area contributed by atoms with Crippen LogP contribution in [0.15, 0.2) is 0 Å². The van der Waals surface area contributed by atoms with Gasteiger partial charge in [0, 0.05) is 6.61 Å². The van der Waals surface area contributed by atoms with Crippen LogP contribution in [0, 0.1) is 0 Å². The molecule has 0 N–H and O–H groups in total. The van der Waals surface area contributed by atoms with Gasteiger partial charge in [-0.15, -0.1) is 0 Å². The summed E-state index contributed by atoms with van der Waals surface area (Å²) in [6.45, 7) is 3.19. The smallest absolute Gasteiger partial charge is 0.0572 e. The molecule has 8 heavy (non-hydrogen) atoms. The molecule has 1 aliphatic heterocycles. The van der Waals surface area contributed by atoms with E-state index >= 15 is 0 Å². The van der Waals surface area contributed by atoms with E-state index in [0.717, 1.165) is 6.61 Å². The van der Waals surface area contributed by atoms with Gasteiger partial charge in [0.15, 0.2) is 0 Å². The van der Waals surface area contributed by atoms with Gasteiger partial charge in [-0.2, -0.15) is 0 Å². The molecule has 0 radical (unpaired) electrons. The first-order valence-electron chi connectivity index (χ1n) is 3.55. The van der Waals surface area contributed by atoms with Gasteiger partial charge < -0.3 is 4.74 Å². The summed E-state index contributed by atoms with van der Waals surface area (Å²) in [7, 11) is 0. The van der Waals surface area contributed by atoms with Crippen molar-refractivity contribution in [1.29, 1.82) is 0 Å². The van der Waals surface area contributed by atoms with Gasteiger partial charge in [0.05, 0.1) is 6.10 Å². The van der Waals surface area contributed by atoms with Gasteiger partial charge in [-0.05, 0) is 25.7 Å². The van der Waals surface area contributed by atoms with Gasteiger partial charge in [-0.3, -0.25) is 0 Å². The monoisotopic (exact) mass is 114 g/mol. The molecular weight excluding hydrogens is 100 g/mol. The quantitative estimate of drug-likeness (QED) is 0.506. The summed E-state index contributed by atoms with van der Waals surface area (Å²) in [6.07, 6.45) is 5.72. The molecule has 1 heteroatoms. The third kappa shape index (κ3) is 1.48. The van der Waals surface area contributed by atoms with Crippen LogP contribution in [-0.4, -0.2) is 12.7 Å². The number of rotatable bonds is 1. The van der Waals surface area contributed by atoms with Crippen molar-refractivity contribution in [1.82, 2.24) is 0 Å². The normalized spacial score (nSPS) is 30.4. The average Bonchev–Trinajstić information content (AvgIpc) is 1.90. The Morgan fingerprint density at radius 2 is 2.38 bits per heavy atom. The van der Waals surface area contributed by atoms with Crippen LogP contribution < -0.4 is 0 Å². The molecule has 0 aromatic heterocycles. The largest absolute Gasteiger partial charge is 0.378 e. The highest BCUT2D eigenvalue weighted by Gasteiger charge is 2.09. The number of hydrogen-bond donors (Lipinski definition) is 0. The Labute approximate surface area is 51.0 Å². The maximum absolute atomic E-state index is 5.43. The molecule has 1 heterocycles. The van der Waals surface area contributed by atoms with E-state index in [4.69, 9.17) is 4.74 Å². The Balaban J connectivity index is 2.13. The SMILES string of the molecule is CCC1CCCCO1. The maximum Gasteiger partial charge on any atom is 0.0572 e. The third-order valence-electron chi connectivity index (χ3n) is 1.73. The Kier molecular flexibility index (Phi) is 2.34. The first kappa shape index (κ1) is 6.09. The van der Waals surface area contributed by atoms with Gasteiger partial charge in [0.2, 0.25) is 0 Å². The van der Waals surface area contributed by atoms with Crippen molar-refractivity contribution in [2.45, 2.75) is 38.7 Å². The maximum atomic E-state index is 5.43. The van der Waals surface area contributed by atoms with E-state index in [1.807, 2.05) is 0 Å². The van der Waals surface area contributed by atoms with Crippen LogP contribution >= 0.6 is 0 Å². The molecule has 1 saturated heterocycles. The predicted molar refractivity (Wildman–Crippen MR) is 33.9 cm³/mol. The Morgan fingerprint density at radius 1 is 1.50 bits per heavy atom. The average molecular weight is 114 g/mol. The van der Waals surface area contributed by atoms with Crippen molar-refractivity contribution >= 4 is 0 Å². The second-order valence-electron chi connectivity index (χ2n) is 2.40. The summed E-state index contributed by atoms with van der Waals surface area (Å²) in [6, 6.07) is 0. The molecule has 0 aliphatic carbocycles. The van der Waals surface area contributed by atoms with Crippen molar-refractivity contribution in [2.75, 3.05) is 6.61 Å². The van der Waals surface area contributed by atoms with E-state index in [1.54, 1.807) is 0 Å². The second-order valence-corrected chi connectivity index (χ2v) is 2.40. The summed E-state index contributed by atoms with van der Waals surface area (Å²) in [5, 5.41) is 0. The zero-order valence-electron chi connectivity index (χ0n) is 5.52. The lowest BCUT2D eigenvalue weighted by Gasteiger charge is -2.20. The predicted octanol–water partition coefficient (Wildman–Crippen LogP) is 1.97. The first-order valence-corrected chi connectivity index (χ1v) is 3.55. The van der Waals surface area contributed by atoms with E-state index in [0.29, 0.717) is 6.10 Å². The minimum atomic E-state index is 0.587. The lowest BCUT2D eigenvalue weighted by atomic mass is 10.1. The molecular formula is C7H14O. The van der Waals surface area contributed by atoms with Crippen molar-refractivity contribution in [2.24, 2.45) is 0 Å². The second kappa shape index (κ2) is 3.08. The zero-order valence-corrected chi connectivity index (χ0v) is 5.52. The summed E-state index contributed by atoms with van der Waals surface area (Å²) in [5.74, 6) is 0. The molecule has 0 saturated carbocycles. The van der Waals surface area contributed by atoms with Crippen LogP contribution in [0.4, 0.5) is 0 Å². The molecule has 0 aromatic carbocycles. The molecule has 0 bridgehead atoms. The van der Waals surface area contributed by atoms with Crippen LogP contribution in [0.3, 0.4) is 0 Å². The molecule has 0 aromatic rings. The fourth-order valence-electron chi connectivity index (χ4n) is 1.13. The van der Waals surface area contributed by atoms with Gasteiger partial charge in [0.25, 0.3) is 0 Å². The topological polar surface area (TPSA) is 9.23 Å². The lowest BCUT2D eigenvalue weighted by Crippen LogP contribution is -2.17. The summed E-state index contributed by atoms with van der Waals surface area (Å²) >= 11 is 0. The number of hydrogen-bond acceptors (Lipinski definition) is 1. The van der Waals surface area contributed by atoms with Crippen LogP contribution in [0.25, 0.3) is 0 Å². The minimum Gasteiger partial charge on any atom is -0.378 e. The molecule has 1 aliphatic rings. The Bertz CT molecular complexity index is 55.4. The van der Waals surface area contributed by atoms with Crippen LogP contribution in [0.2, 0.25) is 0 Å². The van der Waals surface area contributed by atoms with Gasteiger partial charge in [-0.1, -0.05) is 6.92 Å². The summed E-state index contributed by atoms with van der Waals surface area (Å²) < 4.78 is 5.43. The third-order valence-corrected chi connectivity index (χ3v) is 1.73. The van der Waals surface area contributed by atoms with Crippen LogP contribution in [0.5, 0.6) is 0 Å². The van der Waals surface area contributed by atoms with Gasteiger partial charge >= 0.3 is 0 Å². The van der Waals surface area contributed by atoms with E-state index < -0.39 is 0 Å².